The van der Waals surface area contributed by atoms with Gasteiger partial charge in [0.25, 0.3) is 0 Å². The van der Waals surface area contributed by atoms with Crippen LogP contribution < -0.4 is 0 Å². The Hall–Kier alpha value is -2.23. The Morgan fingerprint density at radius 3 is 2.37 bits per heavy atom. The lowest BCUT2D eigenvalue weighted by Crippen LogP contribution is -2.08. The molecule has 2 rings (SSSR count). The fraction of sp³-hybridized carbons (Fsp3) is 0.133. The van der Waals surface area contributed by atoms with Gasteiger partial charge in [-0.15, -0.1) is 0 Å². The summed E-state index contributed by atoms with van der Waals surface area (Å²) in [6.07, 6.45) is 0. The first kappa shape index (κ1) is 13.2. The van der Waals surface area contributed by atoms with E-state index in [0.717, 1.165) is 6.07 Å². The number of carboxylic acids is 1. The van der Waals surface area contributed by atoms with Gasteiger partial charge < -0.3 is 5.11 Å². The molecule has 4 heteroatoms. The van der Waals surface area contributed by atoms with E-state index >= 15 is 0 Å². The summed E-state index contributed by atoms with van der Waals surface area (Å²) in [5.41, 5.74) is 0.826. The zero-order valence-electron chi connectivity index (χ0n) is 10.2. The number of benzene rings is 2. The van der Waals surface area contributed by atoms with Gasteiger partial charge in [-0.3, -0.25) is 4.79 Å². The molecule has 1 unspecified atom stereocenters. The van der Waals surface area contributed by atoms with E-state index < -0.39 is 23.5 Å². The molecule has 0 spiro atoms. The second kappa shape index (κ2) is 5.18. The highest BCUT2D eigenvalue weighted by molar-refractivity contribution is 5.77. The molecule has 2 aromatic carbocycles. The van der Waals surface area contributed by atoms with Crippen molar-refractivity contribution in [3.05, 3.63) is 59.7 Å². The number of hydrogen-bond acceptors (Lipinski definition) is 1. The molecule has 0 bridgehead atoms. The third-order valence-corrected chi connectivity index (χ3v) is 3.01. The zero-order chi connectivity index (χ0) is 14.0. The van der Waals surface area contributed by atoms with Gasteiger partial charge in [-0.1, -0.05) is 30.3 Å². The van der Waals surface area contributed by atoms with E-state index in [-0.39, 0.29) is 11.1 Å². The van der Waals surface area contributed by atoms with Crippen LogP contribution in [-0.2, 0) is 4.79 Å². The van der Waals surface area contributed by atoms with Crippen molar-refractivity contribution in [2.45, 2.75) is 12.8 Å². The molecule has 0 amide bonds. The predicted molar refractivity (Wildman–Crippen MR) is 67.8 cm³/mol. The average molecular weight is 262 g/mol. The molecule has 0 fully saturated rings. The highest BCUT2D eigenvalue weighted by atomic mass is 19.2. The molecule has 0 heterocycles. The number of halogens is 2. The predicted octanol–water partition coefficient (Wildman–Crippen LogP) is 3.82. The summed E-state index contributed by atoms with van der Waals surface area (Å²) in [6, 6.07) is 10.8. The molecule has 2 nitrogen and oxygen atoms in total. The fourth-order valence-electron chi connectivity index (χ4n) is 1.83. The summed E-state index contributed by atoms with van der Waals surface area (Å²) >= 11 is 0. The van der Waals surface area contributed by atoms with Crippen LogP contribution in [0.5, 0.6) is 0 Å². The summed E-state index contributed by atoms with van der Waals surface area (Å²) in [6.45, 7) is 1.43. The van der Waals surface area contributed by atoms with Gasteiger partial charge in [0.15, 0.2) is 11.6 Å². The maximum absolute atomic E-state index is 13.8. The van der Waals surface area contributed by atoms with Crippen LogP contribution in [0.3, 0.4) is 0 Å². The lowest BCUT2D eigenvalue weighted by atomic mass is 9.95. The third kappa shape index (κ3) is 2.62. The molecular weight excluding hydrogens is 250 g/mol. The van der Waals surface area contributed by atoms with Crippen LogP contribution in [0.2, 0.25) is 0 Å². The standard InChI is InChI=1S/C15H12F2O2/c1-9(15(18)19)11-7-12(14(17)13(16)8-11)10-5-3-2-4-6-10/h2-9H,1H3,(H,18,19). The highest BCUT2D eigenvalue weighted by Crippen LogP contribution is 2.29. The van der Waals surface area contributed by atoms with E-state index in [4.69, 9.17) is 5.11 Å². The first-order valence-corrected chi connectivity index (χ1v) is 5.78. The Kier molecular flexibility index (Phi) is 3.60. The Labute approximate surface area is 109 Å². The second-order valence-corrected chi connectivity index (χ2v) is 4.29. The maximum atomic E-state index is 13.8. The fourth-order valence-corrected chi connectivity index (χ4v) is 1.83. The number of hydrogen-bond donors (Lipinski definition) is 1. The van der Waals surface area contributed by atoms with Gasteiger partial charge in [-0.25, -0.2) is 8.78 Å². The van der Waals surface area contributed by atoms with Gasteiger partial charge in [-0.2, -0.15) is 0 Å². The van der Waals surface area contributed by atoms with Crippen LogP contribution in [-0.4, -0.2) is 11.1 Å². The van der Waals surface area contributed by atoms with Crippen LogP contribution in [0.1, 0.15) is 18.4 Å². The lowest BCUT2D eigenvalue weighted by molar-refractivity contribution is -0.138. The minimum absolute atomic E-state index is 0.0729. The molecule has 19 heavy (non-hydrogen) atoms. The number of rotatable bonds is 3. The molecule has 0 saturated carbocycles. The van der Waals surface area contributed by atoms with Crippen LogP contribution >= 0.6 is 0 Å². The molecule has 1 atom stereocenters. The molecule has 98 valence electrons. The molecule has 1 N–H and O–H groups in total. The van der Waals surface area contributed by atoms with E-state index in [1.165, 1.54) is 13.0 Å². The van der Waals surface area contributed by atoms with E-state index in [9.17, 15) is 13.6 Å². The monoisotopic (exact) mass is 262 g/mol. The maximum Gasteiger partial charge on any atom is 0.310 e. The van der Waals surface area contributed by atoms with Gasteiger partial charge in [-0.05, 0) is 30.2 Å². The van der Waals surface area contributed by atoms with Crippen LogP contribution in [0, 0.1) is 11.6 Å². The molecule has 0 aliphatic carbocycles. The molecule has 0 aliphatic rings. The molecular formula is C15H12F2O2. The molecule has 0 aliphatic heterocycles. The number of aliphatic carboxylic acids is 1. The van der Waals surface area contributed by atoms with Crippen molar-refractivity contribution in [1.29, 1.82) is 0 Å². The van der Waals surface area contributed by atoms with E-state index in [1.54, 1.807) is 30.3 Å². The molecule has 0 aromatic heterocycles. The topological polar surface area (TPSA) is 37.3 Å². The Bertz CT molecular complexity index is 609. The van der Waals surface area contributed by atoms with Gasteiger partial charge >= 0.3 is 5.97 Å². The summed E-state index contributed by atoms with van der Waals surface area (Å²) in [5.74, 6) is -3.97. The molecule has 0 radical (unpaired) electrons. The van der Waals surface area contributed by atoms with Crippen molar-refractivity contribution in [2.75, 3.05) is 0 Å². The summed E-state index contributed by atoms with van der Waals surface area (Å²) in [4.78, 5) is 10.9. The highest BCUT2D eigenvalue weighted by Gasteiger charge is 2.19. The van der Waals surface area contributed by atoms with E-state index in [0.29, 0.717) is 5.56 Å². The van der Waals surface area contributed by atoms with Crippen molar-refractivity contribution in [2.24, 2.45) is 0 Å². The molecule has 2 aromatic rings. The quantitative estimate of drug-likeness (QED) is 0.913. The minimum atomic E-state index is -1.08. The normalized spacial score (nSPS) is 12.2. The SMILES string of the molecule is CC(C(=O)O)c1cc(F)c(F)c(-c2ccccc2)c1. The van der Waals surface area contributed by atoms with Crippen molar-refractivity contribution >= 4 is 5.97 Å². The van der Waals surface area contributed by atoms with Crippen LogP contribution in [0.15, 0.2) is 42.5 Å². The van der Waals surface area contributed by atoms with Gasteiger partial charge in [0, 0.05) is 5.56 Å². The first-order chi connectivity index (χ1) is 9.00. The summed E-state index contributed by atoms with van der Waals surface area (Å²) in [7, 11) is 0. The van der Waals surface area contributed by atoms with Gasteiger partial charge in [0.05, 0.1) is 5.92 Å². The van der Waals surface area contributed by atoms with Gasteiger partial charge in [0.1, 0.15) is 0 Å². The largest absolute Gasteiger partial charge is 0.481 e. The Morgan fingerprint density at radius 2 is 1.79 bits per heavy atom. The van der Waals surface area contributed by atoms with E-state index in [2.05, 4.69) is 0 Å². The van der Waals surface area contributed by atoms with Crippen LogP contribution in [0.4, 0.5) is 8.78 Å². The minimum Gasteiger partial charge on any atom is -0.481 e. The van der Waals surface area contributed by atoms with Crippen molar-refractivity contribution in [1.82, 2.24) is 0 Å². The van der Waals surface area contributed by atoms with Crippen molar-refractivity contribution < 1.29 is 18.7 Å². The smallest absolute Gasteiger partial charge is 0.310 e. The Balaban J connectivity index is 2.58. The first-order valence-electron chi connectivity index (χ1n) is 5.78. The van der Waals surface area contributed by atoms with Crippen molar-refractivity contribution in [3.63, 3.8) is 0 Å². The number of carboxylic acid groups (broad SMARTS) is 1. The van der Waals surface area contributed by atoms with E-state index in [1.807, 2.05) is 0 Å². The Morgan fingerprint density at radius 1 is 1.16 bits per heavy atom. The zero-order valence-corrected chi connectivity index (χ0v) is 10.2. The lowest BCUT2D eigenvalue weighted by Gasteiger charge is -2.11. The molecule has 0 saturated heterocycles. The third-order valence-electron chi connectivity index (χ3n) is 3.01. The van der Waals surface area contributed by atoms with Crippen molar-refractivity contribution in [3.8, 4) is 11.1 Å². The summed E-state index contributed by atoms with van der Waals surface area (Å²) < 4.78 is 27.4. The van der Waals surface area contributed by atoms with Gasteiger partial charge in [0.2, 0.25) is 0 Å². The second-order valence-electron chi connectivity index (χ2n) is 4.29. The average Bonchev–Trinajstić information content (AvgIpc) is 2.41. The summed E-state index contributed by atoms with van der Waals surface area (Å²) in [5, 5.41) is 8.94. The number of carbonyl (C=O) groups is 1. The van der Waals surface area contributed by atoms with Crippen LogP contribution in [0.25, 0.3) is 11.1 Å².